The van der Waals surface area contributed by atoms with Crippen LogP contribution < -0.4 is 5.32 Å². The molecule has 1 saturated heterocycles. The molecule has 1 aliphatic carbocycles. The van der Waals surface area contributed by atoms with Crippen molar-refractivity contribution in [2.45, 2.75) is 17.0 Å². The molecule has 70 valence electrons. The van der Waals surface area contributed by atoms with Gasteiger partial charge in [-0.05, 0) is 35.7 Å². The number of morpholine rings is 1. The van der Waals surface area contributed by atoms with Gasteiger partial charge in [-0.3, -0.25) is 4.79 Å². The Balaban J connectivity index is 2.26. The van der Waals surface area contributed by atoms with E-state index in [1.807, 2.05) is 12.2 Å². The van der Waals surface area contributed by atoms with Crippen molar-refractivity contribution >= 4 is 29.1 Å². The van der Waals surface area contributed by atoms with Crippen molar-refractivity contribution in [2.24, 2.45) is 0 Å². The summed E-state index contributed by atoms with van der Waals surface area (Å²) in [6.07, 6.45) is 6.23. The Kier molecular flexibility index (Phi) is 2.00. The SMILES string of the molecule is O=C1NC2CC=CC=C2OC1(Cl)Cl. The quantitative estimate of drug-likeness (QED) is 0.628. The first kappa shape index (κ1) is 8.91. The van der Waals surface area contributed by atoms with Crippen molar-refractivity contribution in [3.8, 4) is 0 Å². The molecule has 5 heteroatoms. The number of halogens is 2. The van der Waals surface area contributed by atoms with E-state index in [0.717, 1.165) is 0 Å². The molecule has 0 saturated carbocycles. The van der Waals surface area contributed by atoms with Crippen molar-refractivity contribution < 1.29 is 9.53 Å². The van der Waals surface area contributed by atoms with Gasteiger partial charge in [0, 0.05) is 0 Å². The molecule has 1 atom stereocenters. The number of rotatable bonds is 0. The Bertz CT molecular complexity index is 309. The third kappa shape index (κ3) is 1.54. The van der Waals surface area contributed by atoms with Crippen LogP contribution in [-0.2, 0) is 9.53 Å². The van der Waals surface area contributed by atoms with Gasteiger partial charge in [0.15, 0.2) is 0 Å². The number of fused-ring (bicyclic) bond motifs is 1. The second kappa shape index (κ2) is 2.93. The number of amides is 1. The minimum absolute atomic E-state index is 0.122. The van der Waals surface area contributed by atoms with Gasteiger partial charge in [-0.2, -0.15) is 0 Å². The molecule has 13 heavy (non-hydrogen) atoms. The topological polar surface area (TPSA) is 38.3 Å². The molecule has 2 rings (SSSR count). The number of hydrogen-bond donors (Lipinski definition) is 1. The Morgan fingerprint density at radius 3 is 3.15 bits per heavy atom. The van der Waals surface area contributed by atoms with Crippen LogP contribution >= 0.6 is 23.2 Å². The molecule has 3 nitrogen and oxygen atoms in total. The molecule has 1 amide bonds. The fourth-order valence-electron chi connectivity index (χ4n) is 1.28. The van der Waals surface area contributed by atoms with Crippen LogP contribution in [0.1, 0.15) is 6.42 Å². The number of carbonyl (C=O) groups excluding carboxylic acids is 1. The maximum Gasteiger partial charge on any atom is 0.338 e. The van der Waals surface area contributed by atoms with E-state index in [9.17, 15) is 4.79 Å². The molecule has 0 spiro atoms. The van der Waals surface area contributed by atoms with Crippen LogP contribution in [-0.4, -0.2) is 16.5 Å². The average molecular weight is 220 g/mol. The summed E-state index contributed by atoms with van der Waals surface area (Å²) >= 11 is 11.2. The summed E-state index contributed by atoms with van der Waals surface area (Å²) < 4.78 is 3.33. The van der Waals surface area contributed by atoms with Crippen molar-refractivity contribution in [1.29, 1.82) is 0 Å². The van der Waals surface area contributed by atoms with E-state index >= 15 is 0 Å². The average Bonchev–Trinajstić information content (AvgIpc) is 2.06. The first-order valence-electron chi connectivity index (χ1n) is 3.84. The number of hydrogen-bond acceptors (Lipinski definition) is 2. The minimum atomic E-state index is -1.78. The number of ether oxygens (including phenoxy) is 1. The highest BCUT2D eigenvalue weighted by atomic mass is 35.5. The van der Waals surface area contributed by atoms with Crippen LogP contribution in [0.25, 0.3) is 0 Å². The molecular formula is C8H7Cl2NO2. The highest BCUT2D eigenvalue weighted by Crippen LogP contribution is 2.33. The molecule has 1 N–H and O–H groups in total. The van der Waals surface area contributed by atoms with Gasteiger partial charge in [0.1, 0.15) is 5.76 Å². The van der Waals surface area contributed by atoms with Gasteiger partial charge in [-0.25, -0.2) is 0 Å². The fraction of sp³-hybridized carbons (Fsp3) is 0.375. The molecule has 0 bridgehead atoms. The number of alkyl halides is 2. The monoisotopic (exact) mass is 219 g/mol. The summed E-state index contributed by atoms with van der Waals surface area (Å²) in [5, 5.41) is 2.66. The lowest BCUT2D eigenvalue weighted by molar-refractivity contribution is -0.133. The van der Waals surface area contributed by atoms with Crippen LogP contribution in [0, 0.1) is 0 Å². The molecule has 1 aliphatic heterocycles. The summed E-state index contributed by atoms with van der Waals surface area (Å²) in [6, 6.07) is -0.122. The van der Waals surface area contributed by atoms with Crippen molar-refractivity contribution in [2.75, 3.05) is 0 Å². The maximum absolute atomic E-state index is 11.2. The van der Waals surface area contributed by atoms with Crippen LogP contribution in [0.3, 0.4) is 0 Å². The predicted octanol–water partition coefficient (Wildman–Crippen LogP) is 1.48. The van der Waals surface area contributed by atoms with Gasteiger partial charge in [0.05, 0.1) is 6.04 Å². The molecule has 1 heterocycles. The van der Waals surface area contributed by atoms with E-state index in [-0.39, 0.29) is 6.04 Å². The first-order valence-corrected chi connectivity index (χ1v) is 4.60. The van der Waals surface area contributed by atoms with Crippen molar-refractivity contribution in [3.05, 3.63) is 24.0 Å². The Morgan fingerprint density at radius 2 is 2.38 bits per heavy atom. The van der Waals surface area contributed by atoms with E-state index in [0.29, 0.717) is 12.2 Å². The largest absolute Gasteiger partial charge is 0.452 e. The van der Waals surface area contributed by atoms with Gasteiger partial charge < -0.3 is 10.1 Å². The molecular weight excluding hydrogens is 213 g/mol. The number of allylic oxidation sites excluding steroid dienone is 2. The number of carbonyl (C=O) groups is 1. The van der Waals surface area contributed by atoms with Crippen LogP contribution in [0.15, 0.2) is 24.0 Å². The second-order valence-corrected chi connectivity index (χ2v) is 4.14. The molecule has 1 fully saturated rings. The van der Waals surface area contributed by atoms with Crippen molar-refractivity contribution in [3.63, 3.8) is 0 Å². The summed E-state index contributed by atoms with van der Waals surface area (Å²) in [6.45, 7) is 0. The van der Waals surface area contributed by atoms with E-state index < -0.39 is 10.4 Å². The molecule has 0 aromatic carbocycles. The normalized spacial score (nSPS) is 29.8. The van der Waals surface area contributed by atoms with E-state index in [2.05, 4.69) is 5.32 Å². The predicted molar refractivity (Wildman–Crippen MR) is 49.3 cm³/mol. The van der Waals surface area contributed by atoms with Crippen LogP contribution in [0.5, 0.6) is 0 Å². The zero-order valence-corrected chi connectivity index (χ0v) is 8.10. The summed E-state index contributed by atoms with van der Waals surface area (Å²) in [4.78, 5) is 11.2. The molecule has 0 aromatic rings. The summed E-state index contributed by atoms with van der Waals surface area (Å²) in [7, 11) is 0. The maximum atomic E-state index is 11.2. The Morgan fingerprint density at radius 1 is 1.62 bits per heavy atom. The van der Waals surface area contributed by atoms with E-state index in [1.54, 1.807) is 6.08 Å². The van der Waals surface area contributed by atoms with Crippen molar-refractivity contribution in [1.82, 2.24) is 5.32 Å². The summed E-state index contributed by atoms with van der Waals surface area (Å²) in [5.74, 6) is 0.0976. The van der Waals surface area contributed by atoms with Crippen LogP contribution in [0.2, 0.25) is 0 Å². The lowest BCUT2D eigenvalue weighted by atomic mass is 10.1. The van der Waals surface area contributed by atoms with Gasteiger partial charge in [-0.15, -0.1) is 0 Å². The van der Waals surface area contributed by atoms with E-state index in [1.165, 1.54) is 0 Å². The number of nitrogens with one attached hydrogen (secondary N) is 1. The standard InChI is InChI=1S/C8H7Cl2NO2/c9-8(10)7(12)11-5-3-1-2-4-6(5)13-8/h1-2,4-5H,3H2,(H,11,12). The van der Waals surface area contributed by atoms with Gasteiger partial charge >= 0.3 is 4.52 Å². The summed E-state index contributed by atoms with van der Waals surface area (Å²) in [5.41, 5.74) is 0. The Labute approximate surface area is 85.3 Å². The zero-order valence-electron chi connectivity index (χ0n) is 6.59. The lowest BCUT2D eigenvalue weighted by Gasteiger charge is -2.34. The molecule has 1 unspecified atom stereocenters. The smallest absolute Gasteiger partial charge is 0.338 e. The van der Waals surface area contributed by atoms with E-state index in [4.69, 9.17) is 27.9 Å². The first-order chi connectivity index (χ1) is 6.09. The molecule has 0 radical (unpaired) electrons. The second-order valence-electron chi connectivity index (χ2n) is 2.88. The minimum Gasteiger partial charge on any atom is -0.452 e. The molecule has 2 aliphatic rings. The lowest BCUT2D eigenvalue weighted by Crippen LogP contribution is -2.52. The zero-order chi connectivity index (χ0) is 9.47. The van der Waals surface area contributed by atoms with Gasteiger partial charge in [0.2, 0.25) is 0 Å². The Hall–Kier alpha value is -0.670. The third-order valence-corrected chi connectivity index (χ3v) is 2.43. The van der Waals surface area contributed by atoms with Gasteiger partial charge in [-0.1, -0.05) is 12.2 Å². The van der Waals surface area contributed by atoms with Gasteiger partial charge in [0.25, 0.3) is 5.91 Å². The third-order valence-electron chi connectivity index (χ3n) is 1.93. The van der Waals surface area contributed by atoms with Crippen LogP contribution in [0.4, 0.5) is 0 Å². The molecule has 0 aromatic heterocycles. The highest BCUT2D eigenvalue weighted by molar-refractivity contribution is 6.57. The fourth-order valence-corrected chi connectivity index (χ4v) is 1.57. The highest BCUT2D eigenvalue weighted by Gasteiger charge is 2.44.